The lowest BCUT2D eigenvalue weighted by Crippen LogP contribution is -2.29. The quantitative estimate of drug-likeness (QED) is 0.105. The number of carbonyl (C=O) groups excluding carboxylic acids is 2. The smallest absolute Gasteiger partial charge is 0.263 e. The average Bonchev–Trinajstić information content (AvgIpc) is 2.97. The van der Waals surface area contributed by atoms with Crippen LogP contribution in [0.5, 0.6) is 23.0 Å². The van der Waals surface area contributed by atoms with E-state index in [9.17, 15) is 14.0 Å². The zero-order valence-corrected chi connectivity index (χ0v) is 22.7. The van der Waals surface area contributed by atoms with Crippen molar-refractivity contribution in [3.05, 3.63) is 84.2 Å². The lowest BCUT2D eigenvalue weighted by molar-refractivity contribution is -0.117. The molecule has 2 aromatic heterocycles. The Morgan fingerprint density at radius 2 is 1.61 bits per heavy atom. The Bertz CT molecular complexity index is 1620. The number of rotatable bonds is 11. The highest BCUT2D eigenvalue weighted by atomic mass is 19.1. The molecule has 1 amide bonds. The molecular formula is C29H27FN6O5. The Kier molecular flexibility index (Phi) is 8.82. The van der Waals surface area contributed by atoms with Crippen LogP contribution in [0.2, 0.25) is 0 Å². The number of Topliss-reactive ketones (excluding diaryl/α,β-unsaturated/α-hetero) is 1. The van der Waals surface area contributed by atoms with Gasteiger partial charge < -0.3 is 19.5 Å². The van der Waals surface area contributed by atoms with Crippen molar-refractivity contribution in [3.63, 3.8) is 0 Å². The second kappa shape index (κ2) is 12.6. The van der Waals surface area contributed by atoms with Crippen molar-refractivity contribution in [1.29, 1.82) is 5.41 Å². The highest BCUT2D eigenvalue weighted by Crippen LogP contribution is 2.36. The van der Waals surface area contributed by atoms with Gasteiger partial charge in [-0.2, -0.15) is 0 Å². The predicted molar refractivity (Wildman–Crippen MR) is 150 cm³/mol. The van der Waals surface area contributed by atoms with E-state index in [1.807, 2.05) is 13.8 Å². The molecule has 0 unspecified atom stereocenters. The summed E-state index contributed by atoms with van der Waals surface area (Å²) in [7, 11) is 3.06. The number of hydrogen-bond acceptors (Lipinski definition) is 10. The van der Waals surface area contributed by atoms with E-state index in [1.165, 1.54) is 44.9 Å². The molecule has 11 nitrogen and oxygen atoms in total. The highest BCUT2D eigenvalue weighted by Gasteiger charge is 2.24. The minimum atomic E-state index is -0.862. The Morgan fingerprint density at radius 3 is 2.24 bits per heavy atom. The number of anilines is 1. The molecule has 0 saturated carbocycles. The molecule has 0 fully saturated rings. The first kappa shape index (κ1) is 28.6. The first-order chi connectivity index (χ1) is 19.7. The Morgan fingerprint density at radius 1 is 0.951 bits per heavy atom. The van der Waals surface area contributed by atoms with Crippen molar-refractivity contribution in [3.8, 4) is 23.0 Å². The van der Waals surface area contributed by atoms with Crippen LogP contribution >= 0.6 is 0 Å². The van der Waals surface area contributed by atoms with Gasteiger partial charge >= 0.3 is 0 Å². The lowest BCUT2D eigenvalue weighted by Gasteiger charge is -2.12. The molecule has 0 aliphatic rings. The predicted octanol–water partition coefficient (Wildman–Crippen LogP) is 4.43. The summed E-state index contributed by atoms with van der Waals surface area (Å²) < 4.78 is 30.0. The highest BCUT2D eigenvalue weighted by molar-refractivity contribution is 6.55. The molecule has 0 bridgehead atoms. The van der Waals surface area contributed by atoms with Gasteiger partial charge in [-0.3, -0.25) is 25.3 Å². The minimum absolute atomic E-state index is 0.0927. The molecule has 2 heterocycles. The molecule has 0 saturated heterocycles. The molecule has 0 atom stereocenters. The third-order valence-electron chi connectivity index (χ3n) is 5.70. The average molecular weight is 559 g/mol. The zero-order valence-electron chi connectivity index (χ0n) is 22.7. The van der Waals surface area contributed by atoms with E-state index < -0.39 is 23.2 Å². The molecule has 4 rings (SSSR count). The van der Waals surface area contributed by atoms with Crippen LogP contribution in [-0.4, -0.2) is 52.6 Å². The number of halogens is 1. The Labute approximate surface area is 234 Å². The summed E-state index contributed by atoms with van der Waals surface area (Å²) >= 11 is 0. The van der Waals surface area contributed by atoms with E-state index in [0.29, 0.717) is 28.2 Å². The van der Waals surface area contributed by atoms with Crippen LogP contribution in [0.15, 0.2) is 72.8 Å². The van der Waals surface area contributed by atoms with Crippen molar-refractivity contribution in [2.45, 2.75) is 19.9 Å². The van der Waals surface area contributed by atoms with Crippen LogP contribution in [-0.2, 0) is 9.59 Å². The topological polar surface area (TPSA) is 148 Å². The monoisotopic (exact) mass is 558 g/mol. The second-order valence-corrected chi connectivity index (χ2v) is 8.92. The lowest BCUT2D eigenvalue weighted by atomic mass is 10.0. The van der Waals surface area contributed by atoms with Gasteiger partial charge in [-0.1, -0.05) is 0 Å². The first-order valence-corrected chi connectivity index (χ1v) is 12.4. The van der Waals surface area contributed by atoms with Gasteiger partial charge in [0.2, 0.25) is 11.7 Å². The van der Waals surface area contributed by atoms with Gasteiger partial charge in [0.25, 0.3) is 5.91 Å². The van der Waals surface area contributed by atoms with Gasteiger partial charge in [0.15, 0.2) is 17.2 Å². The molecule has 0 radical (unpaired) electrons. The molecule has 0 aliphatic heterocycles. The SMILES string of the molecule is COc1cc2nccc(Oc3cnc(NC(=O)/C(=C/NC(C)C)C(=O)C(=N)c4ccc(F)cc4)nc3)c2cc1OC. The number of ketones is 1. The van der Waals surface area contributed by atoms with E-state index in [2.05, 4.69) is 25.6 Å². The summed E-state index contributed by atoms with van der Waals surface area (Å²) in [6, 6.07) is 9.90. The molecule has 12 heteroatoms. The summed E-state index contributed by atoms with van der Waals surface area (Å²) in [6.07, 6.45) is 5.52. The normalized spacial score (nSPS) is 11.2. The largest absolute Gasteiger partial charge is 0.493 e. The van der Waals surface area contributed by atoms with Gasteiger partial charge in [-0.15, -0.1) is 0 Å². The van der Waals surface area contributed by atoms with Gasteiger partial charge in [0.1, 0.15) is 22.9 Å². The first-order valence-electron chi connectivity index (χ1n) is 12.4. The minimum Gasteiger partial charge on any atom is -0.493 e. The Balaban J connectivity index is 1.52. The number of benzene rings is 2. The fraction of sp³-hybridized carbons (Fsp3) is 0.172. The van der Waals surface area contributed by atoms with Crippen LogP contribution in [0.1, 0.15) is 19.4 Å². The standard InChI is InChI=1S/C29H27FN6O5/c1-16(2)33-15-21(27(37)26(31)17-5-7-18(30)8-6-17)28(38)36-29-34-13-19(14-35-29)41-23-9-10-32-22-12-25(40-4)24(39-3)11-20(22)23/h5-16,31,33H,1-4H3,(H,34,35,36,38)/b21-15+,31-26?. The number of fused-ring (bicyclic) bond motifs is 1. The Hall–Kier alpha value is -5.39. The summed E-state index contributed by atoms with van der Waals surface area (Å²) in [5.41, 5.74) is -0.0303. The number of amides is 1. The van der Waals surface area contributed by atoms with E-state index in [4.69, 9.17) is 19.6 Å². The maximum atomic E-state index is 13.3. The fourth-order valence-corrected chi connectivity index (χ4v) is 3.63. The van der Waals surface area contributed by atoms with Crippen LogP contribution in [0.3, 0.4) is 0 Å². The molecule has 4 aromatic rings. The van der Waals surface area contributed by atoms with Crippen LogP contribution in [0, 0.1) is 11.2 Å². The summed E-state index contributed by atoms with van der Waals surface area (Å²) in [5.74, 6) is -0.525. The van der Waals surface area contributed by atoms with Crippen molar-refractivity contribution in [1.82, 2.24) is 20.3 Å². The van der Waals surface area contributed by atoms with E-state index in [0.717, 1.165) is 12.1 Å². The summed E-state index contributed by atoms with van der Waals surface area (Å²) in [5, 5.41) is 14.3. The molecule has 3 N–H and O–H groups in total. The van der Waals surface area contributed by atoms with Crippen molar-refractivity contribution in [2.75, 3.05) is 19.5 Å². The van der Waals surface area contributed by atoms with Gasteiger partial charge in [-0.25, -0.2) is 14.4 Å². The van der Waals surface area contributed by atoms with Crippen molar-refractivity contribution in [2.24, 2.45) is 0 Å². The maximum absolute atomic E-state index is 13.3. The number of ether oxygens (including phenoxy) is 3. The maximum Gasteiger partial charge on any atom is 0.263 e. The van der Waals surface area contributed by atoms with Crippen LogP contribution < -0.4 is 24.8 Å². The summed E-state index contributed by atoms with van der Waals surface area (Å²) in [4.78, 5) is 38.7. The number of nitrogens with zero attached hydrogens (tertiary/aromatic N) is 3. The molecule has 210 valence electrons. The number of methoxy groups -OCH3 is 2. The molecule has 0 spiro atoms. The van der Waals surface area contributed by atoms with E-state index in [-0.39, 0.29) is 28.9 Å². The molecular weight excluding hydrogens is 531 g/mol. The third kappa shape index (κ3) is 6.79. The molecule has 0 aliphatic carbocycles. The number of pyridine rings is 1. The van der Waals surface area contributed by atoms with E-state index in [1.54, 1.807) is 24.4 Å². The van der Waals surface area contributed by atoms with E-state index >= 15 is 0 Å². The fourth-order valence-electron chi connectivity index (χ4n) is 3.63. The van der Waals surface area contributed by atoms with Crippen LogP contribution in [0.4, 0.5) is 10.3 Å². The number of hydrogen-bond donors (Lipinski definition) is 3. The van der Waals surface area contributed by atoms with Gasteiger partial charge in [-0.05, 0) is 50.2 Å². The zero-order chi connectivity index (χ0) is 29.5. The number of carbonyl (C=O) groups is 2. The summed E-state index contributed by atoms with van der Waals surface area (Å²) in [6.45, 7) is 3.64. The van der Waals surface area contributed by atoms with Crippen molar-refractivity contribution >= 4 is 34.3 Å². The van der Waals surface area contributed by atoms with Crippen molar-refractivity contribution < 1.29 is 28.2 Å². The number of aromatic nitrogens is 3. The third-order valence-corrected chi connectivity index (χ3v) is 5.70. The second-order valence-electron chi connectivity index (χ2n) is 8.92. The molecule has 41 heavy (non-hydrogen) atoms. The van der Waals surface area contributed by atoms with Gasteiger partial charge in [0, 0.05) is 35.5 Å². The van der Waals surface area contributed by atoms with Crippen LogP contribution in [0.25, 0.3) is 10.9 Å². The number of nitrogens with one attached hydrogen (secondary N) is 3. The van der Waals surface area contributed by atoms with Gasteiger partial charge in [0.05, 0.1) is 32.1 Å². The molecule has 2 aromatic carbocycles.